The minimum Gasteiger partial charge on any atom is -0.389 e. The normalized spacial score (nSPS) is 18.8. The van der Waals surface area contributed by atoms with Gasteiger partial charge in [-0.1, -0.05) is 13.0 Å². The first kappa shape index (κ1) is 6.66. The molecule has 1 saturated carbocycles. The fourth-order valence-corrected chi connectivity index (χ4v) is 1.02. The first-order valence-electron chi connectivity index (χ1n) is 3.68. The Balaban J connectivity index is 1.97. The predicted molar refractivity (Wildman–Crippen MR) is 40.2 cm³/mol. The van der Waals surface area contributed by atoms with Crippen molar-refractivity contribution in [1.82, 2.24) is 5.32 Å². The lowest BCUT2D eigenvalue weighted by atomic mass is 9.85. The van der Waals surface area contributed by atoms with Crippen LogP contribution < -0.4 is 5.32 Å². The van der Waals surface area contributed by atoms with Crippen molar-refractivity contribution in [1.29, 1.82) is 0 Å². The second-order valence-electron chi connectivity index (χ2n) is 2.96. The highest BCUT2D eigenvalue weighted by atomic mass is 14.9. The van der Waals surface area contributed by atoms with Gasteiger partial charge in [0.25, 0.3) is 0 Å². The van der Waals surface area contributed by atoms with Crippen molar-refractivity contribution < 1.29 is 0 Å². The van der Waals surface area contributed by atoms with Gasteiger partial charge in [-0.15, -0.1) is 0 Å². The van der Waals surface area contributed by atoms with Crippen LogP contribution in [-0.4, -0.2) is 6.54 Å². The largest absolute Gasteiger partial charge is 0.389 e. The van der Waals surface area contributed by atoms with Gasteiger partial charge in [-0.05, 0) is 25.7 Å². The van der Waals surface area contributed by atoms with E-state index in [9.17, 15) is 0 Å². The number of hydrogen-bond donors (Lipinski definition) is 1. The van der Waals surface area contributed by atoms with Gasteiger partial charge in [0.2, 0.25) is 0 Å². The molecule has 0 spiro atoms. The molecule has 1 N–H and O–H groups in total. The van der Waals surface area contributed by atoms with Crippen LogP contribution >= 0.6 is 0 Å². The van der Waals surface area contributed by atoms with Crippen LogP contribution in [-0.2, 0) is 0 Å². The number of hydrogen-bond acceptors (Lipinski definition) is 1. The van der Waals surface area contributed by atoms with E-state index < -0.39 is 0 Å². The van der Waals surface area contributed by atoms with Gasteiger partial charge in [-0.25, -0.2) is 0 Å². The van der Waals surface area contributed by atoms with Crippen molar-refractivity contribution in [2.75, 3.05) is 6.54 Å². The second kappa shape index (κ2) is 2.90. The summed E-state index contributed by atoms with van der Waals surface area (Å²) < 4.78 is 0. The van der Waals surface area contributed by atoms with Crippen molar-refractivity contribution in [3.63, 3.8) is 0 Å². The fourth-order valence-electron chi connectivity index (χ4n) is 1.02. The summed E-state index contributed by atoms with van der Waals surface area (Å²) in [5.74, 6) is 0.946. The highest BCUT2D eigenvalue weighted by Crippen LogP contribution is 2.25. The Hall–Kier alpha value is -0.460. The molecule has 1 rings (SSSR count). The van der Waals surface area contributed by atoms with E-state index in [1.54, 1.807) is 0 Å². The molecule has 52 valence electrons. The van der Waals surface area contributed by atoms with Crippen LogP contribution in [0, 0.1) is 5.92 Å². The Morgan fingerprint density at radius 2 is 2.33 bits per heavy atom. The minimum absolute atomic E-state index is 0.946. The van der Waals surface area contributed by atoms with E-state index in [2.05, 4.69) is 11.9 Å². The van der Waals surface area contributed by atoms with E-state index in [1.807, 2.05) is 6.92 Å². The number of rotatable bonds is 3. The standard InChI is InChI=1S/C8H15N/c1-7(2)9-6-8-4-3-5-8/h8-9H,1,3-6H2,2H3. The van der Waals surface area contributed by atoms with Crippen LogP contribution in [0.5, 0.6) is 0 Å². The van der Waals surface area contributed by atoms with Crippen LogP contribution in [0.2, 0.25) is 0 Å². The lowest BCUT2D eigenvalue weighted by Gasteiger charge is -2.25. The summed E-state index contributed by atoms with van der Waals surface area (Å²) in [6.07, 6.45) is 4.27. The summed E-state index contributed by atoms with van der Waals surface area (Å²) in [5.41, 5.74) is 1.10. The monoisotopic (exact) mass is 125 g/mol. The highest BCUT2D eigenvalue weighted by molar-refractivity contribution is 4.86. The first-order chi connectivity index (χ1) is 4.29. The van der Waals surface area contributed by atoms with Crippen molar-refractivity contribution in [2.24, 2.45) is 5.92 Å². The Morgan fingerprint density at radius 3 is 2.67 bits per heavy atom. The minimum atomic E-state index is 0.946. The van der Waals surface area contributed by atoms with Crippen LogP contribution in [0.15, 0.2) is 12.3 Å². The summed E-state index contributed by atoms with van der Waals surface area (Å²) in [6.45, 7) is 6.94. The number of nitrogens with one attached hydrogen (secondary N) is 1. The highest BCUT2D eigenvalue weighted by Gasteiger charge is 2.15. The zero-order valence-electron chi connectivity index (χ0n) is 6.11. The molecule has 1 fully saturated rings. The van der Waals surface area contributed by atoms with E-state index in [0.29, 0.717) is 0 Å². The molecule has 0 aliphatic heterocycles. The van der Waals surface area contributed by atoms with Crippen molar-refractivity contribution in [3.8, 4) is 0 Å². The predicted octanol–water partition coefficient (Wildman–Crippen LogP) is 1.91. The van der Waals surface area contributed by atoms with Gasteiger partial charge in [0.05, 0.1) is 0 Å². The van der Waals surface area contributed by atoms with Gasteiger partial charge in [0, 0.05) is 12.2 Å². The molecule has 1 heteroatoms. The molecule has 0 amide bonds. The number of allylic oxidation sites excluding steroid dienone is 1. The van der Waals surface area contributed by atoms with E-state index in [-0.39, 0.29) is 0 Å². The van der Waals surface area contributed by atoms with Gasteiger partial charge in [0.15, 0.2) is 0 Å². The van der Waals surface area contributed by atoms with Gasteiger partial charge in [0.1, 0.15) is 0 Å². The van der Waals surface area contributed by atoms with Crippen molar-refractivity contribution >= 4 is 0 Å². The van der Waals surface area contributed by atoms with E-state index in [1.165, 1.54) is 19.3 Å². The lowest BCUT2D eigenvalue weighted by Crippen LogP contribution is -2.25. The molecule has 0 atom stereocenters. The molecule has 0 bridgehead atoms. The summed E-state index contributed by atoms with van der Waals surface area (Å²) >= 11 is 0. The van der Waals surface area contributed by atoms with Gasteiger partial charge >= 0.3 is 0 Å². The summed E-state index contributed by atoms with van der Waals surface area (Å²) in [6, 6.07) is 0. The molecule has 0 saturated heterocycles. The molecule has 1 nitrogen and oxygen atoms in total. The lowest BCUT2D eigenvalue weighted by molar-refractivity contribution is 0.310. The topological polar surface area (TPSA) is 12.0 Å². The molecule has 0 unspecified atom stereocenters. The average Bonchev–Trinajstić information content (AvgIpc) is 1.60. The Kier molecular flexibility index (Phi) is 2.15. The summed E-state index contributed by atoms with van der Waals surface area (Å²) in [4.78, 5) is 0. The Bertz CT molecular complexity index is 103. The molecule has 0 aromatic heterocycles. The van der Waals surface area contributed by atoms with E-state index >= 15 is 0 Å². The average molecular weight is 125 g/mol. The Labute approximate surface area is 57.1 Å². The Morgan fingerprint density at radius 1 is 1.67 bits per heavy atom. The maximum atomic E-state index is 3.77. The molecular weight excluding hydrogens is 110 g/mol. The van der Waals surface area contributed by atoms with Crippen LogP contribution in [0.1, 0.15) is 26.2 Å². The van der Waals surface area contributed by atoms with Gasteiger partial charge in [-0.2, -0.15) is 0 Å². The quantitative estimate of drug-likeness (QED) is 0.607. The molecule has 9 heavy (non-hydrogen) atoms. The zero-order valence-corrected chi connectivity index (χ0v) is 6.11. The molecule has 1 aliphatic carbocycles. The second-order valence-corrected chi connectivity index (χ2v) is 2.96. The molecule has 0 aromatic carbocycles. The van der Waals surface area contributed by atoms with Crippen molar-refractivity contribution in [2.45, 2.75) is 26.2 Å². The third-order valence-electron chi connectivity index (χ3n) is 1.92. The molecule has 1 aliphatic rings. The molecule has 0 heterocycles. The van der Waals surface area contributed by atoms with Gasteiger partial charge < -0.3 is 5.32 Å². The molecule has 0 aromatic rings. The summed E-state index contributed by atoms with van der Waals surface area (Å²) in [7, 11) is 0. The van der Waals surface area contributed by atoms with Crippen LogP contribution in [0.25, 0.3) is 0 Å². The third-order valence-corrected chi connectivity index (χ3v) is 1.92. The summed E-state index contributed by atoms with van der Waals surface area (Å²) in [5, 5.41) is 3.25. The maximum absolute atomic E-state index is 3.77. The SMILES string of the molecule is C=C(C)NCC1CCC1. The van der Waals surface area contributed by atoms with Crippen molar-refractivity contribution in [3.05, 3.63) is 12.3 Å². The third kappa shape index (κ3) is 2.08. The maximum Gasteiger partial charge on any atom is 0.0172 e. The smallest absolute Gasteiger partial charge is 0.0172 e. The first-order valence-corrected chi connectivity index (χ1v) is 3.68. The zero-order chi connectivity index (χ0) is 6.69. The van der Waals surface area contributed by atoms with Gasteiger partial charge in [-0.3, -0.25) is 0 Å². The fraction of sp³-hybridized carbons (Fsp3) is 0.750. The molecule has 0 radical (unpaired) electrons. The van der Waals surface area contributed by atoms with E-state index in [4.69, 9.17) is 0 Å². The van der Waals surface area contributed by atoms with Crippen LogP contribution in [0.3, 0.4) is 0 Å². The van der Waals surface area contributed by atoms with Crippen LogP contribution in [0.4, 0.5) is 0 Å². The van der Waals surface area contributed by atoms with E-state index in [0.717, 1.165) is 18.2 Å². The molecular formula is C8H15N.